The van der Waals surface area contributed by atoms with Crippen LogP contribution in [0.4, 0.5) is 5.69 Å². The molecule has 1 fully saturated rings. The van der Waals surface area contributed by atoms with Gasteiger partial charge in [0, 0.05) is 25.5 Å². The molecule has 1 aliphatic heterocycles. The van der Waals surface area contributed by atoms with Gasteiger partial charge in [-0.1, -0.05) is 0 Å². The lowest BCUT2D eigenvalue weighted by Crippen LogP contribution is -2.41. The predicted molar refractivity (Wildman–Crippen MR) is 108 cm³/mol. The summed E-state index contributed by atoms with van der Waals surface area (Å²) in [7, 11) is 1.57. The number of aromatic nitrogens is 2. The largest absolute Gasteiger partial charge is 0.494 e. The Morgan fingerprint density at radius 2 is 1.97 bits per heavy atom. The Balaban J connectivity index is 1.57. The van der Waals surface area contributed by atoms with Gasteiger partial charge in [0.1, 0.15) is 11.3 Å². The van der Waals surface area contributed by atoms with Gasteiger partial charge in [-0.2, -0.15) is 0 Å². The molecule has 0 unspecified atom stereocenters. The number of rotatable bonds is 4. The molecule has 1 aromatic carbocycles. The number of fused-ring (bicyclic) bond motifs is 1. The van der Waals surface area contributed by atoms with Crippen molar-refractivity contribution in [3.63, 3.8) is 0 Å². The van der Waals surface area contributed by atoms with Crippen molar-refractivity contribution in [2.45, 2.75) is 0 Å². The van der Waals surface area contributed by atoms with Gasteiger partial charge < -0.3 is 14.4 Å². The Morgan fingerprint density at radius 3 is 2.69 bits per heavy atom. The Hall–Kier alpha value is -3.24. The predicted octanol–water partition coefficient (Wildman–Crippen LogP) is 1.61. The fourth-order valence-electron chi connectivity index (χ4n) is 3.02. The van der Waals surface area contributed by atoms with Gasteiger partial charge in [0.2, 0.25) is 0 Å². The average Bonchev–Trinajstić information content (AvgIpc) is 3.23. The van der Waals surface area contributed by atoms with Crippen molar-refractivity contribution in [1.82, 2.24) is 20.8 Å². The van der Waals surface area contributed by atoms with Gasteiger partial charge in [0.05, 0.1) is 36.3 Å². The van der Waals surface area contributed by atoms with E-state index in [9.17, 15) is 9.59 Å². The second kappa shape index (κ2) is 8.41. The van der Waals surface area contributed by atoms with Gasteiger partial charge in [0.25, 0.3) is 11.8 Å². The van der Waals surface area contributed by atoms with E-state index in [4.69, 9.17) is 9.47 Å². The zero-order valence-electron chi connectivity index (χ0n) is 15.7. The number of anilines is 1. The first-order valence-electron chi connectivity index (χ1n) is 8.98. The molecule has 1 aliphatic rings. The number of carbonyl (C=O) groups excluding carboxylic acids is 2. The minimum atomic E-state index is -0.501. The number of nitrogens with one attached hydrogen (secondary N) is 2. The molecule has 0 saturated carbocycles. The van der Waals surface area contributed by atoms with Crippen molar-refractivity contribution in [1.29, 1.82) is 0 Å². The van der Waals surface area contributed by atoms with E-state index in [1.165, 1.54) is 17.5 Å². The van der Waals surface area contributed by atoms with Crippen LogP contribution in [0.5, 0.6) is 5.75 Å². The third-order valence-corrected chi connectivity index (χ3v) is 5.54. The van der Waals surface area contributed by atoms with E-state index in [-0.39, 0.29) is 5.01 Å². The second-order valence-electron chi connectivity index (χ2n) is 6.23. The van der Waals surface area contributed by atoms with Crippen molar-refractivity contribution in [3.05, 3.63) is 47.2 Å². The molecular weight excluding hydrogens is 394 g/mol. The Kier molecular flexibility index (Phi) is 5.54. The van der Waals surface area contributed by atoms with Crippen LogP contribution in [0.15, 0.2) is 36.7 Å². The number of benzene rings is 1. The highest BCUT2D eigenvalue weighted by Crippen LogP contribution is 2.37. The third kappa shape index (κ3) is 3.98. The summed E-state index contributed by atoms with van der Waals surface area (Å²) < 4.78 is 11.7. The van der Waals surface area contributed by atoms with Crippen molar-refractivity contribution in [2.24, 2.45) is 0 Å². The van der Waals surface area contributed by atoms with E-state index >= 15 is 0 Å². The lowest BCUT2D eigenvalue weighted by molar-refractivity contribution is 0.0846. The van der Waals surface area contributed by atoms with Crippen molar-refractivity contribution in [3.8, 4) is 5.75 Å². The first kappa shape index (κ1) is 19.1. The maximum absolute atomic E-state index is 12.6. The van der Waals surface area contributed by atoms with E-state index < -0.39 is 11.8 Å². The van der Waals surface area contributed by atoms with Crippen LogP contribution in [0.25, 0.3) is 10.2 Å². The zero-order valence-corrected chi connectivity index (χ0v) is 16.5. The second-order valence-corrected chi connectivity index (χ2v) is 7.23. The Morgan fingerprint density at radius 1 is 1.17 bits per heavy atom. The van der Waals surface area contributed by atoms with E-state index in [0.29, 0.717) is 30.0 Å². The highest BCUT2D eigenvalue weighted by molar-refractivity contribution is 7.21. The van der Waals surface area contributed by atoms with Gasteiger partial charge in [-0.25, -0.2) is 4.98 Å². The number of nitrogens with zero attached hydrogens (tertiary/aromatic N) is 3. The smallest absolute Gasteiger partial charge is 0.298 e. The van der Waals surface area contributed by atoms with E-state index in [0.717, 1.165) is 23.5 Å². The normalized spacial score (nSPS) is 13.9. The molecule has 150 valence electrons. The molecular formula is C19H19N5O4S. The SMILES string of the molecule is COc1ccc(N2CCOCC2)c2sc(C(=O)NNC(=O)c3cccnc3)nc12. The van der Waals surface area contributed by atoms with Crippen LogP contribution < -0.4 is 20.5 Å². The maximum Gasteiger partial charge on any atom is 0.298 e. The number of carbonyl (C=O) groups is 2. The lowest BCUT2D eigenvalue weighted by Gasteiger charge is -2.29. The monoisotopic (exact) mass is 413 g/mol. The van der Waals surface area contributed by atoms with Crippen LogP contribution in [-0.4, -0.2) is 55.2 Å². The van der Waals surface area contributed by atoms with Gasteiger partial charge in [-0.15, -0.1) is 11.3 Å². The lowest BCUT2D eigenvalue weighted by atomic mass is 10.2. The number of pyridine rings is 1. The quantitative estimate of drug-likeness (QED) is 0.626. The number of amides is 2. The summed E-state index contributed by atoms with van der Waals surface area (Å²) in [4.78, 5) is 35.2. The van der Waals surface area contributed by atoms with E-state index in [1.807, 2.05) is 12.1 Å². The third-order valence-electron chi connectivity index (χ3n) is 4.46. The minimum absolute atomic E-state index is 0.227. The molecule has 9 nitrogen and oxygen atoms in total. The van der Waals surface area contributed by atoms with Gasteiger partial charge in [0.15, 0.2) is 5.01 Å². The minimum Gasteiger partial charge on any atom is -0.494 e. The topological polar surface area (TPSA) is 106 Å². The molecule has 2 aromatic heterocycles. The van der Waals surface area contributed by atoms with Crippen LogP contribution in [-0.2, 0) is 4.74 Å². The van der Waals surface area contributed by atoms with Gasteiger partial charge in [-0.05, 0) is 24.3 Å². The fraction of sp³-hybridized carbons (Fsp3) is 0.263. The molecule has 3 aromatic rings. The molecule has 3 heterocycles. The van der Waals surface area contributed by atoms with Gasteiger partial charge in [-0.3, -0.25) is 25.4 Å². The summed E-state index contributed by atoms with van der Waals surface area (Å²) >= 11 is 1.25. The fourth-order valence-corrected chi connectivity index (χ4v) is 4.04. The number of methoxy groups -OCH3 is 1. The number of hydrogen-bond donors (Lipinski definition) is 2. The Bertz CT molecular complexity index is 1030. The molecule has 4 rings (SSSR count). The van der Waals surface area contributed by atoms with Crippen LogP contribution in [0.2, 0.25) is 0 Å². The van der Waals surface area contributed by atoms with Crippen LogP contribution in [0, 0.1) is 0 Å². The number of hydrazine groups is 1. The number of ether oxygens (including phenoxy) is 2. The van der Waals surface area contributed by atoms with Crippen molar-refractivity contribution < 1.29 is 19.1 Å². The molecule has 2 amide bonds. The molecule has 29 heavy (non-hydrogen) atoms. The summed E-state index contributed by atoms with van der Waals surface area (Å²) in [5, 5.41) is 0.227. The maximum atomic E-state index is 12.6. The molecule has 0 radical (unpaired) electrons. The van der Waals surface area contributed by atoms with Crippen LogP contribution in [0.3, 0.4) is 0 Å². The molecule has 10 heteroatoms. The number of hydrogen-bond acceptors (Lipinski definition) is 8. The summed E-state index contributed by atoms with van der Waals surface area (Å²) in [6, 6.07) is 7.06. The molecule has 2 N–H and O–H groups in total. The highest BCUT2D eigenvalue weighted by atomic mass is 32.1. The number of thiazole rings is 1. The molecule has 0 atom stereocenters. The van der Waals surface area contributed by atoms with Crippen LogP contribution in [0.1, 0.15) is 20.2 Å². The first-order valence-corrected chi connectivity index (χ1v) is 9.80. The van der Waals surface area contributed by atoms with Crippen LogP contribution >= 0.6 is 11.3 Å². The Labute approximate surface area is 170 Å². The van der Waals surface area contributed by atoms with E-state index in [2.05, 4.69) is 25.7 Å². The van der Waals surface area contributed by atoms with Crippen molar-refractivity contribution >= 4 is 39.1 Å². The van der Waals surface area contributed by atoms with E-state index in [1.54, 1.807) is 25.4 Å². The number of morpholine rings is 1. The first-order chi connectivity index (χ1) is 14.2. The average molecular weight is 413 g/mol. The summed E-state index contributed by atoms with van der Waals surface area (Å²) in [6.45, 7) is 2.84. The molecule has 0 bridgehead atoms. The molecule has 0 spiro atoms. The van der Waals surface area contributed by atoms with Crippen molar-refractivity contribution in [2.75, 3.05) is 38.3 Å². The zero-order chi connectivity index (χ0) is 20.2. The molecule has 0 aliphatic carbocycles. The summed E-state index contributed by atoms with van der Waals surface area (Å²) in [5.74, 6) is -0.371. The standard InChI is InChI=1S/C19H19N5O4S/c1-27-14-5-4-13(24-7-9-28-10-8-24)16-15(14)21-19(29-16)18(26)23-22-17(25)12-3-2-6-20-11-12/h2-6,11H,7-10H2,1H3,(H,22,25)(H,23,26). The molecule has 1 saturated heterocycles. The summed E-state index contributed by atoms with van der Waals surface area (Å²) in [5.41, 5.74) is 6.72. The highest BCUT2D eigenvalue weighted by Gasteiger charge is 2.21. The van der Waals surface area contributed by atoms with Gasteiger partial charge >= 0.3 is 0 Å². The summed E-state index contributed by atoms with van der Waals surface area (Å²) in [6.07, 6.45) is 2.98.